The van der Waals surface area contributed by atoms with Crippen LogP contribution in [0.2, 0.25) is 0 Å². The van der Waals surface area contributed by atoms with Crippen LogP contribution in [0, 0.1) is 6.92 Å². The Morgan fingerprint density at radius 3 is 2.57 bits per heavy atom. The lowest BCUT2D eigenvalue weighted by Gasteiger charge is -2.20. The highest BCUT2D eigenvalue weighted by molar-refractivity contribution is 5.79. The number of hydrogen-bond acceptors (Lipinski definition) is 6. The molecule has 0 radical (unpaired) electrons. The van der Waals surface area contributed by atoms with Crippen molar-refractivity contribution in [2.75, 3.05) is 29.9 Å². The van der Waals surface area contributed by atoms with Gasteiger partial charge in [-0.1, -0.05) is 12.8 Å². The van der Waals surface area contributed by atoms with Gasteiger partial charge in [-0.2, -0.15) is 18.2 Å². The molecule has 2 N–H and O–H groups in total. The maximum Gasteiger partial charge on any atom is 0.401 e. The number of hydrogen-bond donors (Lipinski definition) is 2. The third kappa shape index (κ3) is 5.27. The minimum Gasteiger partial charge on any atom is -0.370 e. The summed E-state index contributed by atoms with van der Waals surface area (Å²) in [5, 5.41) is 6.69. The molecular formula is C25H29F3N6O. The summed E-state index contributed by atoms with van der Waals surface area (Å²) >= 11 is 0. The molecule has 2 fully saturated rings. The van der Waals surface area contributed by atoms with Crippen molar-refractivity contribution < 1.29 is 13.2 Å². The SMILES string of the molecule is Cc1cc(=O)n(C2CCCC2)c2nc(Nc3ccc(N4CCC(NCC(F)(F)F)C4)cc3)ncc12. The first kappa shape index (κ1) is 23.6. The van der Waals surface area contributed by atoms with Crippen LogP contribution in [0.5, 0.6) is 0 Å². The first-order valence-corrected chi connectivity index (χ1v) is 12.1. The van der Waals surface area contributed by atoms with Crippen molar-refractivity contribution in [3.8, 4) is 0 Å². The summed E-state index contributed by atoms with van der Waals surface area (Å²) < 4.78 is 39.2. The van der Waals surface area contributed by atoms with Crippen molar-refractivity contribution >= 4 is 28.4 Å². The smallest absolute Gasteiger partial charge is 0.370 e. The van der Waals surface area contributed by atoms with Gasteiger partial charge in [-0.15, -0.1) is 0 Å². The summed E-state index contributed by atoms with van der Waals surface area (Å²) in [7, 11) is 0. The van der Waals surface area contributed by atoms with Gasteiger partial charge < -0.3 is 15.5 Å². The van der Waals surface area contributed by atoms with E-state index in [9.17, 15) is 18.0 Å². The van der Waals surface area contributed by atoms with E-state index in [1.165, 1.54) is 0 Å². The van der Waals surface area contributed by atoms with E-state index < -0.39 is 12.7 Å². The normalized spacial score (nSPS) is 19.1. The van der Waals surface area contributed by atoms with E-state index in [0.29, 0.717) is 31.1 Å². The average Bonchev–Trinajstić information content (AvgIpc) is 3.50. The van der Waals surface area contributed by atoms with Gasteiger partial charge in [-0.3, -0.25) is 9.36 Å². The molecule has 3 heterocycles. The van der Waals surface area contributed by atoms with Gasteiger partial charge in [0.25, 0.3) is 5.56 Å². The number of alkyl halides is 3. The lowest BCUT2D eigenvalue weighted by atomic mass is 10.1. The van der Waals surface area contributed by atoms with Crippen LogP contribution in [0.1, 0.15) is 43.7 Å². The first-order chi connectivity index (χ1) is 16.8. The zero-order chi connectivity index (χ0) is 24.6. The molecule has 10 heteroatoms. The Bertz CT molecular complexity index is 1250. The molecule has 2 aliphatic rings. The molecule has 0 spiro atoms. The summed E-state index contributed by atoms with van der Waals surface area (Å²) in [5.74, 6) is 0.416. The number of aryl methyl sites for hydroxylation is 1. The summed E-state index contributed by atoms with van der Waals surface area (Å²) in [6.07, 6.45) is 2.43. The Balaban J connectivity index is 1.31. The predicted molar refractivity (Wildman–Crippen MR) is 130 cm³/mol. The van der Waals surface area contributed by atoms with E-state index in [0.717, 1.165) is 48.0 Å². The Hall–Kier alpha value is -3.14. The number of pyridine rings is 1. The van der Waals surface area contributed by atoms with E-state index >= 15 is 0 Å². The van der Waals surface area contributed by atoms with Gasteiger partial charge in [0, 0.05) is 54.2 Å². The number of rotatable bonds is 6. The van der Waals surface area contributed by atoms with Crippen LogP contribution < -0.4 is 21.1 Å². The van der Waals surface area contributed by atoms with Crippen LogP contribution >= 0.6 is 0 Å². The van der Waals surface area contributed by atoms with E-state index in [1.807, 2.05) is 35.8 Å². The number of anilines is 3. The number of aromatic nitrogens is 3. The fraction of sp³-hybridized carbons (Fsp3) is 0.480. The highest BCUT2D eigenvalue weighted by atomic mass is 19.4. The Labute approximate surface area is 201 Å². The molecule has 35 heavy (non-hydrogen) atoms. The minimum atomic E-state index is -4.20. The van der Waals surface area contributed by atoms with E-state index in [1.54, 1.807) is 12.3 Å². The van der Waals surface area contributed by atoms with Gasteiger partial charge in [-0.25, -0.2) is 4.98 Å². The van der Waals surface area contributed by atoms with Crippen LogP contribution in [0.25, 0.3) is 11.0 Å². The van der Waals surface area contributed by atoms with Crippen molar-refractivity contribution in [2.45, 2.75) is 57.3 Å². The van der Waals surface area contributed by atoms with Crippen molar-refractivity contribution in [2.24, 2.45) is 0 Å². The van der Waals surface area contributed by atoms with Crippen LogP contribution in [0.4, 0.5) is 30.5 Å². The van der Waals surface area contributed by atoms with Crippen molar-refractivity contribution in [3.05, 3.63) is 52.4 Å². The molecule has 2 aromatic heterocycles. The number of nitrogens with zero attached hydrogens (tertiary/aromatic N) is 4. The van der Waals surface area contributed by atoms with Gasteiger partial charge >= 0.3 is 6.18 Å². The van der Waals surface area contributed by atoms with E-state index in [-0.39, 0.29) is 17.6 Å². The molecule has 186 valence electrons. The highest BCUT2D eigenvalue weighted by Gasteiger charge is 2.30. The van der Waals surface area contributed by atoms with E-state index in [2.05, 4.69) is 20.5 Å². The minimum absolute atomic E-state index is 0.0236. The van der Waals surface area contributed by atoms with Crippen molar-refractivity contribution in [1.82, 2.24) is 19.9 Å². The van der Waals surface area contributed by atoms with Gasteiger partial charge in [0.1, 0.15) is 5.65 Å². The predicted octanol–water partition coefficient (Wildman–Crippen LogP) is 4.69. The Morgan fingerprint density at radius 2 is 1.86 bits per heavy atom. The van der Waals surface area contributed by atoms with Gasteiger partial charge in [0.2, 0.25) is 5.95 Å². The zero-order valence-electron chi connectivity index (χ0n) is 19.6. The summed E-state index contributed by atoms with van der Waals surface area (Å²) in [6.45, 7) is 2.18. The highest BCUT2D eigenvalue weighted by Crippen LogP contribution is 2.31. The molecule has 1 aromatic carbocycles. The van der Waals surface area contributed by atoms with E-state index in [4.69, 9.17) is 4.98 Å². The van der Waals surface area contributed by atoms with Crippen LogP contribution in [0.3, 0.4) is 0 Å². The summed E-state index contributed by atoms with van der Waals surface area (Å²) in [5.41, 5.74) is 3.25. The topological polar surface area (TPSA) is 75.1 Å². The molecule has 1 aliphatic carbocycles. The average molecular weight is 487 g/mol. The lowest BCUT2D eigenvalue weighted by Crippen LogP contribution is -2.38. The molecule has 1 saturated heterocycles. The largest absolute Gasteiger partial charge is 0.401 e. The third-order valence-electron chi connectivity index (χ3n) is 6.96. The zero-order valence-corrected chi connectivity index (χ0v) is 19.6. The number of halogens is 3. The van der Waals surface area contributed by atoms with Crippen molar-refractivity contribution in [1.29, 1.82) is 0 Å². The third-order valence-corrected chi connectivity index (χ3v) is 6.96. The second-order valence-electron chi connectivity index (χ2n) is 9.50. The lowest BCUT2D eigenvalue weighted by molar-refractivity contribution is -0.125. The second-order valence-corrected chi connectivity index (χ2v) is 9.50. The Kier molecular flexibility index (Phi) is 6.39. The van der Waals surface area contributed by atoms with Gasteiger partial charge in [0.15, 0.2) is 0 Å². The standard InChI is InChI=1S/C25H29F3N6O/c1-16-12-22(35)34(20-4-2-3-5-20)23-21(16)13-29-24(32-23)31-17-6-8-19(9-7-17)33-11-10-18(14-33)30-15-25(26,27)28/h6-9,12-13,18,20,30H,2-5,10-11,14-15H2,1H3,(H,29,31,32). The molecule has 5 rings (SSSR count). The number of nitrogens with one attached hydrogen (secondary N) is 2. The van der Waals surface area contributed by atoms with Crippen molar-refractivity contribution in [3.63, 3.8) is 0 Å². The van der Waals surface area contributed by atoms with Crippen LogP contribution in [-0.4, -0.2) is 46.4 Å². The van der Waals surface area contributed by atoms with Crippen LogP contribution in [0.15, 0.2) is 41.3 Å². The molecular weight excluding hydrogens is 457 g/mol. The van der Waals surface area contributed by atoms with Crippen LogP contribution in [-0.2, 0) is 0 Å². The van der Waals surface area contributed by atoms with Gasteiger partial charge in [0.05, 0.1) is 6.54 Å². The fourth-order valence-corrected chi connectivity index (χ4v) is 5.15. The molecule has 7 nitrogen and oxygen atoms in total. The molecule has 0 bridgehead atoms. The molecule has 3 aromatic rings. The van der Waals surface area contributed by atoms with Gasteiger partial charge in [-0.05, 0) is 56.0 Å². The fourth-order valence-electron chi connectivity index (χ4n) is 5.15. The monoisotopic (exact) mass is 486 g/mol. The molecule has 1 unspecified atom stereocenters. The maximum atomic E-state index is 12.8. The molecule has 0 amide bonds. The molecule has 1 aliphatic heterocycles. The summed E-state index contributed by atoms with van der Waals surface area (Å²) in [6, 6.07) is 9.34. The second kappa shape index (κ2) is 9.49. The quantitative estimate of drug-likeness (QED) is 0.527. The first-order valence-electron chi connectivity index (χ1n) is 12.1. The number of benzene rings is 1. The Morgan fingerprint density at radius 1 is 1.11 bits per heavy atom. The maximum absolute atomic E-state index is 12.8. The molecule has 1 atom stereocenters. The number of fused-ring (bicyclic) bond motifs is 1. The molecule has 1 saturated carbocycles. The summed E-state index contributed by atoms with van der Waals surface area (Å²) in [4.78, 5) is 24.1.